The summed E-state index contributed by atoms with van der Waals surface area (Å²) in [5, 5.41) is 24.4. The van der Waals surface area contributed by atoms with Crippen molar-refractivity contribution in [1.82, 2.24) is 0 Å². The van der Waals surface area contributed by atoms with Gasteiger partial charge in [-0.05, 0) is 24.6 Å². The lowest BCUT2D eigenvalue weighted by atomic mass is 10.2. The summed E-state index contributed by atoms with van der Waals surface area (Å²) in [5.74, 6) is -0.491. The Bertz CT molecular complexity index is 686. The Labute approximate surface area is 110 Å². The fourth-order valence-corrected chi connectivity index (χ4v) is 1.70. The van der Waals surface area contributed by atoms with Gasteiger partial charge in [0.2, 0.25) is 15.7 Å². The number of nitrogens with zero attached hydrogens (tertiary/aromatic N) is 2. The Hall–Kier alpha value is -2.44. The van der Waals surface area contributed by atoms with Crippen molar-refractivity contribution in [3.8, 4) is 6.07 Å². The van der Waals surface area contributed by atoms with E-state index in [1.165, 1.54) is 18.2 Å². The predicted molar refractivity (Wildman–Crippen MR) is 71.1 cm³/mol. The first-order valence-electron chi connectivity index (χ1n) is 4.97. The van der Waals surface area contributed by atoms with Crippen LogP contribution >= 0.6 is 0 Å². The number of nitrogens with two attached hydrogens (primary N) is 2. The van der Waals surface area contributed by atoms with Crippen molar-refractivity contribution in [1.29, 1.82) is 10.7 Å². The molecule has 0 saturated carbocycles. The number of hydrogen-bond acceptors (Lipinski definition) is 6. The number of sulfonamides is 1. The van der Waals surface area contributed by atoms with E-state index in [2.05, 4.69) is 10.5 Å². The van der Waals surface area contributed by atoms with E-state index >= 15 is 0 Å². The summed E-state index contributed by atoms with van der Waals surface area (Å²) >= 11 is 0. The van der Waals surface area contributed by atoms with E-state index in [0.29, 0.717) is 11.3 Å². The molecule has 0 aromatic heterocycles. The van der Waals surface area contributed by atoms with Crippen LogP contribution in [0.4, 0.5) is 5.69 Å². The van der Waals surface area contributed by atoms with Crippen molar-refractivity contribution >= 4 is 27.3 Å². The first-order valence-corrected chi connectivity index (χ1v) is 6.52. The van der Waals surface area contributed by atoms with Gasteiger partial charge in [0.15, 0.2) is 5.84 Å². The molecule has 8 nitrogen and oxygen atoms in total. The molecule has 0 aliphatic rings. The van der Waals surface area contributed by atoms with E-state index in [0.717, 1.165) is 0 Å². The summed E-state index contributed by atoms with van der Waals surface area (Å²) in [7, 11) is -3.82. The Kier molecular flexibility index (Phi) is 4.21. The molecule has 0 heterocycles. The highest BCUT2D eigenvalue weighted by molar-refractivity contribution is 7.89. The fourth-order valence-electron chi connectivity index (χ4n) is 1.16. The van der Waals surface area contributed by atoms with Crippen molar-refractivity contribution in [2.45, 2.75) is 11.8 Å². The van der Waals surface area contributed by atoms with Gasteiger partial charge in [-0.3, -0.25) is 10.8 Å². The highest BCUT2D eigenvalue weighted by atomic mass is 32.2. The van der Waals surface area contributed by atoms with Crippen molar-refractivity contribution < 1.29 is 8.42 Å². The summed E-state index contributed by atoms with van der Waals surface area (Å²) in [6.45, 7) is 1.71. The van der Waals surface area contributed by atoms with E-state index in [1.54, 1.807) is 13.0 Å². The molecule has 0 amide bonds. The van der Waals surface area contributed by atoms with Crippen LogP contribution in [0.1, 0.15) is 5.56 Å². The third-order valence-corrected chi connectivity index (χ3v) is 3.10. The van der Waals surface area contributed by atoms with Crippen molar-refractivity contribution in [3.05, 3.63) is 23.8 Å². The van der Waals surface area contributed by atoms with Crippen LogP contribution < -0.4 is 16.3 Å². The predicted octanol–water partition coefficient (Wildman–Crippen LogP) is -0.130. The van der Waals surface area contributed by atoms with Crippen LogP contribution in [0.25, 0.3) is 0 Å². The lowest BCUT2D eigenvalue weighted by Gasteiger charge is -2.07. The van der Waals surface area contributed by atoms with E-state index in [1.807, 2.05) is 0 Å². The van der Waals surface area contributed by atoms with E-state index in [9.17, 15) is 8.42 Å². The van der Waals surface area contributed by atoms with Gasteiger partial charge in [-0.15, -0.1) is 0 Å². The molecule has 0 saturated heterocycles. The highest BCUT2D eigenvalue weighted by Crippen LogP contribution is 2.19. The average Bonchev–Trinajstić information content (AvgIpc) is 2.30. The standard InChI is InChI=1S/C10H12N6O2S/c1-6-2-3-7(19(14,17)18)4-8(6)15-16-9(5-11)10(12)13/h2-4,15H,1H3,(H3,12,13)(H2,14,17,18)/b16-9+. The summed E-state index contributed by atoms with van der Waals surface area (Å²) in [4.78, 5) is -0.0860. The van der Waals surface area contributed by atoms with E-state index in [4.69, 9.17) is 21.5 Å². The first-order chi connectivity index (χ1) is 8.75. The van der Waals surface area contributed by atoms with Gasteiger partial charge in [0, 0.05) is 0 Å². The quantitative estimate of drug-likeness (QED) is 0.343. The lowest BCUT2D eigenvalue weighted by Crippen LogP contribution is -2.22. The molecule has 0 unspecified atom stereocenters. The molecule has 0 fully saturated rings. The molecule has 6 N–H and O–H groups in total. The zero-order valence-corrected chi connectivity index (χ0v) is 10.8. The minimum absolute atomic E-state index is 0.0860. The SMILES string of the molecule is Cc1ccc(S(N)(=O)=O)cc1N/N=C(\C#N)C(=N)N. The minimum Gasteiger partial charge on any atom is -0.382 e. The van der Waals surface area contributed by atoms with Crippen LogP contribution in [-0.4, -0.2) is 20.0 Å². The van der Waals surface area contributed by atoms with Gasteiger partial charge in [-0.1, -0.05) is 6.07 Å². The van der Waals surface area contributed by atoms with Crippen molar-refractivity contribution in [2.24, 2.45) is 16.0 Å². The molecule has 0 radical (unpaired) electrons. The third kappa shape index (κ3) is 3.77. The number of hydrogen-bond donors (Lipinski definition) is 4. The topological polar surface area (TPSA) is 158 Å². The van der Waals surface area contributed by atoms with Gasteiger partial charge >= 0.3 is 0 Å². The Balaban J connectivity index is 3.16. The van der Waals surface area contributed by atoms with Crippen LogP contribution in [0.3, 0.4) is 0 Å². The number of hydrazone groups is 1. The van der Waals surface area contributed by atoms with E-state index < -0.39 is 15.9 Å². The zero-order chi connectivity index (χ0) is 14.6. The number of nitrogens with one attached hydrogen (secondary N) is 2. The molecule has 1 rings (SSSR count). The first kappa shape index (κ1) is 14.6. The molecule has 0 spiro atoms. The van der Waals surface area contributed by atoms with Crippen molar-refractivity contribution in [3.63, 3.8) is 0 Å². The number of aryl methyl sites for hydroxylation is 1. The lowest BCUT2D eigenvalue weighted by molar-refractivity contribution is 0.598. The van der Waals surface area contributed by atoms with Crippen molar-refractivity contribution in [2.75, 3.05) is 5.43 Å². The maximum absolute atomic E-state index is 11.2. The maximum atomic E-state index is 11.2. The third-order valence-electron chi connectivity index (χ3n) is 2.19. The molecule has 0 atom stereocenters. The minimum atomic E-state index is -3.82. The smallest absolute Gasteiger partial charge is 0.238 e. The molecule has 1 aromatic carbocycles. The van der Waals surface area contributed by atoms with Crippen LogP contribution in [0.2, 0.25) is 0 Å². The van der Waals surface area contributed by atoms with Crippen LogP contribution in [-0.2, 0) is 10.0 Å². The van der Waals surface area contributed by atoms with Crippen LogP contribution in [0.5, 0.6) is 0 Å². The fraction of sp³-hybridized carbons (Fsp3) is 0.100. The zero-order valence-electron chi connectivity index (χ0n) is 10.0. The monoisotopic (exact) mass is 280 g/mol. The molecular formula is C10H12N6O2S. The molecule has 1 aromatic rings. The normalized spacial score (nSPS) is 11.7. The largest absolute Gasteiger partial charge is 0.382 e. The molecular weight excluding hydrogens is 268 g/mol. The second-order valence-corrected chi connectivity index (χ2v) is 5.18. The van der Waals surface area contributed by atoms with Gasteiger partial charge in [-0.2, -0.15) is 10.4 Å². The number of nitriles is 1. The van der Waals surface area contributed by atoms with Gasteiger partial charge in [0.25, 0.3) is 0 Å². The number of rotatable bonds is 4. The number of primary sulfonamides is 1. The number of amidine groups is 1. The van der Waals surface area contributed by atoms with Gasteiger partial charge in [0.05, 0.1) is 10.6 Å². The Morgan fingerprint density at radius 1 is 1.53 bits per heavy atom. The van der Waals surface area contributed by atoms with Crippen LogP contribution in [0.15, 0.2) is 28.2 Å². The average molecular weight is 280 g/mol. The molecule has 0 aliphatic heterocycles. The van der Waals surface area contributed by atoms with Crippen LogP contribution in [0, 0.1) is 23.7 Å². The Morgan fingerprint density at radius 2 is 2.16 bits per heavy atom. The number of benzene rings is 1. The molecule has 100 valence electrons. The Morgan fingerprint density at radius 3 is 2.63 bits per heavy atom. The summed E-state index contributed by atoms with van der Waals surface area (Å²) < 4.78 is 22.4. The number of anilines is 1. The van der Waals surface area contributed by atoms with Gasteiger partial charge in [-0.25, -0.2) is 13.6 Å². The maximum Gasteiger partial charge on any atom is 0.238 e. The molecule has 9 heteroatoms. The summed E-state index contributed by atoms with van der Waals surface area (Å²) in [5.41, 5.74) is 8.34. The molecule has 19 heavy (non-hydrogen) atoms. The van der Waals surface area contributed by atoms with Gasteiger partial charge < -0.3 is 5.73 Å². The summed E-state index contributed by atoms with van der Waals surface area (Å²) in [6.07, 6.45) is 0. The second kappa shape index (κ2) is 5.47. The van der Waals surface area contributed by atoms with E-state index in [-0.39, 0.29) is 10.6 Å². The highest BCUT2D eigenvalue weighted by Gasteiger charge is 2.10. The summed E-state index contributed by atoms with van der Waals surface area (Å²) in [6, 6.07) is 5.81. The molecule has 0 bridgehead atoms. The van der Waals surface area contributed by atoms with Gasteiger partial charge in [0.1, 0.15) is 6.07 Å². The molecule has 0 aliphatic carbocycles. The second-order valence-electron chi connectivity index (χ2n) is 3.62.